The zero-order valence-corrected chi connectivity index (χ0v) is 20.3. The van der Waals surface area contributed by atoms with Gasteiger partial charge in [0, 0.05) is 23.3 Å². The van der Waals surface area contributed by atoms with Crippen molar-refractivity contribution in [3.05, 3.63) is 141 Å². The molecule has 9 nitrogen and oxygen atoms in total. The number of carbonyl (C=O) groups is 4. The van der Waals surface area contributed by atoms with Gasteiger partial charge in [0.05, 0.1) is 27.8 Å². The SMILES string of the molecule is O=C(c1ccccc1)[C@H]1[C@H](c2ccccc2)N1C(=O)c1ccc2c(c1)C(=O)N(c1cccc([N+](=O)[O-])c1)C2=O. The summed E-state index contributed by atoms with van der Waals surface area (Å²) in [7, 11) is 0. The summed E-state index contributed by atoms with van der Waals surface area (Å²) < 4.78 is 0. The first-order chi connectivity index (χ1) is 18.9. The van der Waals surface area contributed by atoms with Crippen LogP contribution in [-0.4, -0.2) is 39.4 Å². The fourth-order valence-corrected chi connectivity index (χ4v) is 5.02. The van der Waals surface area contributed by atoms with E-state index in [0.29, 0.717) is 5.56 Å². The number of amides is 3. The fourth-order valence-electron chi connectivity index (χ4n) is 5.02. The van der Waals surface area contributed by atoms with E-state index in [-0.39, 0.29) is 33.8 Å². The number of imide groups is 1. The molecule has 190 valence electrons. The number of nitro groups is 1. The molecule has 0 radical (unpaired) electrons. The first kappa shape index (κ1) is 23.9. The molecule has 0 N–H and O–H groups in total. The number of anilines is 1. The molecule has 6 rings (SSSR count). The van der Waals surface area contributed by atoms with Gasteiger partial charge in [0.2, 0.25) is 0 Å². The maximum absolute atomic E-state index is 13.7. The first-order valence-corrected chi connectivity index (χ1v) is 12.1. The minimum atomic E-state index is -0.714. The van der Waals surface area contributed by atoms with Gasteiger partial charge in [-0.1, -0.05) is 66.7 Å². The summed E-state index contributed by atoms with van der Waals surface area (Å²) in [5.41, 5.74) is 1.35. The summed E-state index contributed by atoms with van der Waals surface area (Å²) in [5.74, 6) is -1.97. The van der Waals surface area contributed by atoms with Crippen LogP contribution in [0.1, 0.15) is 53.0 Å². The van der Waals surface area contributed by atoms with Crippen LogP contribution in [0.5, 0.6) is 0 Å². The van der Waals surface area contributed by atoms with Gasteiger partial charge < -0.3 is 4.90 Å². The standard InChI is InChI=1S/C30H19N3O6/c34-27(19-10-5-2-6-11-19)26-25(18-8-3-1-4-9-18)32(26)28(35)20-14-15-23-24(16-20)30(37)31(29(23)36)21-12-7-13-22(17-21)33(38)39/h1-17,25-26H/t25-,26+,32?/m0/s1. The predicted octanol–water partition coefficient (Wildman–Crippen LogP) is 4.84. The number of nitrogens with zero attached hydrogens (tertiary/aromatic N) is 3. The highest BCUT2D eigenvalue weighted by atomic mass is 16.6. The van der Waals surface area contributed by atoms with E-state index in [1.165, 1.54) is 41.3 Å². The average Bonchev–Trinajstić information content (AvgIpc) is 3.67. The third kappa shape index (κ3) is 3.97. The van der Waals surface area contributed by atoms with Crippen LogP contribution < -0.4 is 4.90 Å². The molecule has 4 aromatic rings. The minimum absolute atomic E-state index is 0.0152. The molecule has 0 unspecified atom stereocenters. The topological polar surface area (TPSA) is 118 Å². The second-order valence-corrected chi connectivity index (χ2v) is 9.23. The highest BCUT2D eigenvalue weighted by Crippen LogP contribution is 2.46. The lowest BCUT2D eigenvalue weighted by molar-refractivity contribution is -0.384. The van der Waals surface area contributed by atoms with Gasteiger partial charge >= 0.3 is 0 Å². The van der Waals surface area contributed by atoms with E-state index in [2.05, 4.69) is 0 Å². The van der Waals surface area contributed by atoms with Crippen LogP contribution in [0.15, 0.2) is 103 Å². The van der Waals surface area contributed by atoms with E-state index in [9.17, 15) is 29.3 Å². The highest BCUT2D eigenvalue weighted by Gasteiger charge is 2.56. The number of benzene rings is 4. The van der Waals surface area contributed by atoms with Crippen molar-refractivity contribution in [1.29, 1.82) is 0 Å². The molecule has 2 atom stereocenters. The summed E-state index contributed by atoms with van der Waals surface area (Å²) in [6.45, 7) is 0. The van der Waals surface area contributed by atoms with E-state index in [4.69, 9.17) is 0 Å². The van der Waals surface area contributed by atoms with Gasteiger partial charge in [0.15, 0.2) is 5.78 Å². The molecule has 39 heavy (non-hydrogen) atoms. The number of nitro benzene ring substituents is 1. The molecule has 9 heteroatoms. The quantitative estimate of drug-likeness (QED) is 0.119. The Morgan fingerprint density at radius 2 is 1.38 bits per heavy atom. The zero-order chi connectivity index (χ0) is 27.3. The largest absolute Gasteiger partial charge is 0.316 e. The van der Waals surface area contributed by atoms with E-state index in [1.807, 2.05) is 30.3 Å². The van der Waals surface area contributed by atoms with Gasteiger partial charge in [0.1, 0.15) is 6.04 Å². The summed E-state index contributed by atoms with van der Waals surface area (Å²) >= 11 is 0. The van der Waals surface area contributed by atoms with Crippen molar-refractivity contribution < 1.29 is 24.1 Å². The van der Waals surface area contributed by atoms with Crippen LogP contribution in [0, 0.1) is 10.1 Å². The van der Waals surface area contributed by atoms with Crippen LogP contribution in [0.3, 0.4) is 0 Å². The molecule has 2 heterocycles. The fraction of sp³-hybridized carbons (Fsp3) is 0.0667. The molecule has 1 saturated heterocycles. The Hall–Kier alpha value is -5.44. The lowest BCUT2D eigenvalue weighted by Gasteiger charge is -2.13. The Labute approximate surface area is 222 Å². The number of Topliss-reactive ketones (excluding diaryl/α,β-unsaturated/α-hetero) is 1. The summed E-state index contributed by atoms with van der Waals surface area (Å²) in [6.07, 6.45) is 0. The van der Waals surface area contributed by atoms with Gasteiger partial charge in [-0.3, -0.25) is 29.3 Å². The van der Waals surface area contributed by atoms with Crippen LogP contribution in [0.4, 0.5) is 11.4 Å². The second kappa shape index (κ2) is 9.14. The molecule has 0 saturated carbocycles. The van der Waals surface area contributed by atoms with Crippen LogP contribution >= 0.6 is 0 Å². The minimum Gasteiger partial charge on any atom is -0.316 e. The number of hydrogen-bond donors (Lipinski definition) is 0. The van der Waals surface area contributed by atoms with Crippen LogP contribution in [0.2, 0.25) is 0 Å². The summed E-state index contributed by atoms with van der Waals surface area (Å²) in [4.78, 5) is 66.2. The Kier molecular flexibility index (Phi) is 5.61. The molecule has 0 spiro atoms. The van der Waals surface area contributed by atoms with E-state index >= 15 is 0 Å². The Balaban J connectivity index is 1.33. The van der Waals surface area contributed by atoms with Gasteiger partial charge in [-0.25, -0.2) is 4.90 Å². The van der Waals surface area contributed by atoms with Gasteiger partial charge in [-0.2, -0.15) is 0 Å². The number of hydrogen-bond acceptors (Lipinski definition) is 6. The van der Waals surface area contributed by atoms with E-state index in [0.717, 1.165) is 16.5 Å². The van der Waals surface area contributed by atoms with Gasteiger partial charge in [-0.05, 0) is 29.8 Å². The number of rotatable bonds is 6. The lowest BCUT2D eigenvalue weighted by atomic mass is 10.0. The Bertz CT molecular complexity index is 1690. The maximum Gasteiger partial charge on any atom is 0.271 e. The predicted molar refractivity (Wildman–Crippen MR) is 141 cm³/mol. The summed E-state index contributed by atoms with van der Waals surface area (Å²) in [5, 5.41) is 11.2. The zero-order valence-electron chi connectivity index (χ0n) is 20.3. The number of carbonyl (C=O) groups excluding carboxylic acids is 4. The molecule has 4 aromatic carbocycles. The van der Waals surface area contributed by atoms with Crippen molar-refractivity contribution in [1.82, 2.24) is 4.90 Å². The number of ketones is 1. The third-order valence-corrected chi connectivity index (χ3v) is 6.94. The highest BCUT2D eigenvalue weighted by molar-refractivity contribution is 6.34. The smallest absolute Gasteiger partial charge is 0.271 e. The average molecular weight is 517 g/mol. The van der Waals surface area contributed by atoms with Crippen molar-refractivity contribution in [3.63, 3.8) is 0 Å². The molecular formula is C30H19N3O6. The lowest BCUT2D eigenvalue weighted by Crippen LogP contribution is -2.29. The van der Waals surface area contributed by atoms with Crippen LogP contribution in [0.25, 0.3) is 0 Å². The Morgan fingerprint density at radius 1 is 0.718 bits per heavy atom. The van der Waals surface area contributed by atoms with E-state index < -0.39 is 34.7 Å². The molecule has 2 aliphatic rings. The molecule has 0 aliphatic carbocycles. The van der Waals surface area contributed by atoms with Crippen molar-refractivity contribution >= 4 is 34.9 Å². The van der Waals surface area contributed by atoms with Crippen LogP contribution in [-0.2, 0) is 0 Å². The monoisotopic (exact) mass is 517 g/mol. The van der Waals surface area contributed by atoms with Gasteiger partial charge in [0.25, 0.3) is 23.4 Å². The molecule has 1 fully saturated rings. The number of fused-ring (bicyclic) bond motifs is 1. The van der Waals surface area contributed by atoms with Crippen molar-refractivity contribution in [2.45, 2.75) is 12.1 Å². The molecular weight excluding hydrogens is 498 g/mol. The van der Waals surface area contributed by atoms with E-state index in [1.54, 1.807) is 30.3 Å². The van der Waals surface area contributed by atoms with Crippen molar-refractivity contribution in [2.75, 3.05) is 4.90 Å². The molecule has 2 aliphatic heterocycles. The first-order valence-electron chi connectivity index (χ1n) is 12.1. The molecule has 3 amide bonds. The van der Waals surface area contributed by atoms with Gasteiger partial charge in [-0.15, -0.1) is 0 Å². The second-order valence-electron chi connectivity index (χ2n) is 9.23. The van der Waals surface area contributed by atoms with Crippen molar-refractivity contribution in [3.8, 4) is 0 Å². The Morgan fingerprint density at radius 3 is 2.08 bits per heavy atom. The maximum atomic E-state index is 13.7. The van der Waals surface area contributed by atoms with Crippen molar-refractivity contribution in [2.24, 2.45) is 0 Å². The summed E-state index contributed by atoms with van der Waals surface area (Å²) in [6, 6.07) is 26.2. The normalized spacial score (nSPS) is 17.6. The third-order valence-electron chi connectivity index (χ3n) is 6.94. The molecule has 0 aromatic heterocycles. The molecule has 0 bridgehead atoms. The number of non-ortho nitro benzene ring substituents is 1.